The summed E-state index contributed by atoms with van der Waals surface area (Å²) in [4.78, 5) is 8.42. The highest BCUT2D eigenvalue weighted by Gasteiger charge is 2.36. The molecule has 1 aliphatic heterocycles. The van der Waals surface area contributed by atoms with Gasteiger partial charge >= 0.3 is 6.18 Å². The van der Waals surface area contributed by atoms with Crippen molar-refractivity contribution in [1.29, 1.82) is 0 Å². The standard InChI is InChI=1S/C25H24ClF3N4O/c1-16-22-24(31(3)17(2)32(16)12-7-13-34)30-23(33(22)15-18-8-5-4-6-9-18)19-10-11-21(26)20(14-19)25(27,28)29/h4-6,8-11,14,34H,1-2,7,12-13,15H2,3H3. The van der Waals surface area contributed by atoms with Crippen molar-refractivity contribution in [2.45, 2.75) is 19.1 Å². The fourth-order valence-corrected chi connectivity index (χ4v) is 4.29. The van der Waals surface area contributed by atoms with Crippen LogP contribution < -0.4 is 4.90 Å². The zero-order valence-electron chi connectivity index (χ0n) is 18.6. The van der Waals surface area contributed by atoms with Crippen LogP contribution in [-0.4, -0.2) is 39.8 Å². The lowest BCUT2D eigenvalue weighted by Crippen LogP contribution is -2.37. The van der Waals surface area contributed by atoms with Crippen molar-refractivity contribution in [3.05, 3.63) is 89.4 Å². The molecule has 0 bridgehead atoms. The maximum absolute atomic E-state index is 13.6. The fourth-order valence-electron chi connectivity index (χ4n) is 4.06. The van der Waals surface area contributed by atoms with Gasteiger partial charge in [0.2, 0.25) is 0 Å². The van der Waals surface area contributed by atoms with Crippen molar-refractivity contribution in [2.75, 3.05) is 25.1 Å². The van der Waals surface area contributed by atoms with Crippen molar-refractivity contribution < 1.29 is 18.3 Å². The van der Waals surface area contributed by atoms with Gasteiger partial charge in [0.25, 0.3) is 0 Å². The summed E-state index contributed by atoms with van der Waals surface area (Å²) in [5, 5.41) is 8.96. The second kappa shape index (κ2) is 9.19. The third kappa shape index (κ3) is 4.31. The zero-order valence-corrected chi connectivity index (χ0v) is 19.4. The summed E-state index contributed by atoms with van der Waals surface area (Å²) < 4.78 is 42.6. The number of aliphatic hydroxyl groups is 1. The van der Waals surface area contributed by atoms with Crippen LogP contribution in [0, 0.1) is 0 Å². The lowest BCUT2D eigenvalue weighted by molar-refractivity contribution is -0.137. The average Bonchev–Trinajstić information content (AvgIpc) is 3.17. The van der Waals surface area contributed by atoms with Crippen molar-refractivity contribution in [3.8, 4) is 11.4 Å². The molecule has 1 N–H and O–H groups in total. The first kappa shape index (κ1) is 23.9. The Labute approximate surface area is 201 Å². The fraction of sp³-hybridized carbons (Fsp3) is 0.240. The van der Waals surface area contributed by atoms with Crippen molar-refractivity contribution in [3.63, 3.8) is 0 Å². The van der Waals surface area contributed by atoms with Gasteiger partial charge in [-0.1, -0.05) is 55.1 Å². The van der Waals surface area contributed by atoms with Crippen LogP contribution in [0.25, 0.3) is 17.1 Å². The van der Waals surface area contributed by atoms with Crippen LogP contribution in [-0.2, 0) is 12.7 Å². The van der Waals surface area contributed by atoms with E-state index in [1.807, 2.05) is 39.8 Å². The molecular formula is C25H24ClF3N4O. The molecule has 0 spiro atoms. The van der Waals surface area contributed by atoms with Gasteiger partial charge < -0.3 is 19.5 Å². The number of hydrogen-bond donors (Lipinski definition) is 1. The highest BCUT2D eigenvalue weighted by atomic mass is 35.5. The van der Waals surface area contributed by atoms with Crippen LogP contribution in [0.2, 0.25) is 5.02 Å². The topological polar surface area (TPSA) is 44.5 Å². The number of rotatable bonds is 6. The molecule has 0 aliphatic carbocycles. The Kier molecular flexibility index (Phi) is 6.47. The molecule has 34 heavy (non-hydrogen) atoms. The number of aliphatic hydroxyl groups excluding tert-OH is 1. The second-order valence-corrected chi connectivity index (χ2v) is 8.43. The molecule has 0 radical (unpaired) electrons. The number of nitrogens with zero attached hydrogens (tertiary/aromatic N) is 4. The molecule has 0 saturated heterocycles. The van der Waals surface area contributed by atoms with E-state index in [9.17, 15) is 18.3 Å². The number of benzene rings is 2. The van der Waals surface area contributed by atoms with E-state index in [0.717, 1.165) is 11.6 Å². The molecule has 0 unspecified atom stereocenters. The first-order valence-electron chi connectivity index (χ1n) is 10.7. The smallest absolute Gasteiger partial charge is 0.396 e. The third-order valence-electron chi connectivity index (χ3n) is 5.82. The Morgan fingerprint density at radius 2 is 1.79 bits per heavy atom. The van der Waals surface area contributed by atoms with E-state index in [2.05, 4.69) is 13.2 Å². The van der Waals surface area contributed by atoms with Crippen molar-refractivity contribution in [1.82, 2.24) is 14.5 Å². The van der Waals surface area contributed by atoms with Crippen LogP contribution in [0.1, 0.15) is 23.2 Å². The Balaban J connectivity index is 1.92. The van der Waals surface area contributed by atoms with Gasteiger partial charge in [-0.05, 0) is 30.2 Å². The average molecular weight is 489 g/mol. The third-order valence-corrected chi connectivity index (χ3v) is 6.15. The maximum atomic E-state index is 13.6. The van der Waals surface area contributed by atoms with E-state index in [4.69, 9.17) is 16.6 Å². The molecule has 0 fully saturated rings. The molecule has 178 valence electrons. The van der Waals surface area contributed by atoms with Crippen LogP contribution in [0.5, 0.6) is 0 Å². The van der Waals surface area contributed by atoms with Crippen molar-refractivity contribution >= 4 is 23.1 Å². The lowest BCUT2D eigenvalue weighted by atomic mass is 10.1. The Hall–Kier alpha value is -3.23. The number of hydrogen-bond acceptors (Lipinski definition) is 4. The van der Waals surface area contributed by atoms with E-state index in [0.29, 0.717) is 48.4 Å². The van der Waals surface area contributed by atoms with Gasteiger partial charge in [0, 0.05) is 32.3 Å². The van der Waals surface area contributed by atoms with Gasteiger partial charge in [0.15, 0.2) is 5.82 Å². The van der Waals surface area contributed by atoms with Crippen LogP contribution in [0.4, 0.5) is 19.0 Å². The van der Waals surface area contributed by atoms with E-state index >= 15 is 0 Å². The summed E-state index contributed by atoms with van der Waals surface area (Å²) in [6.07, 6.45) is -4.09. The molecule has 1 aromatic heterocycles. The predicted molar refractivity (Wildman–Crippen MR) is 128 cm³/mol. The van der Waals surface area contributed by atoms with Gasteiger partial charge in [-0.3, -0.25) is 0 Å². The number of aromatic nitrogens is 2. The van der Waals surface area contributed by atoms with Gasteiger partial charge in [0.1, 0.15) is 17.3 Å². The lowest BCUT2D eigenvalue weighted by Gasteiger charge is -2.38. The SMILES string of the molecule is C=C1c2c(nc(-c3ccc(Cl)c(C(F)(F)F)c3)n2Cc2ccccc2)N(C)C(=C)N1CCCO. The molecule has 9 heteroatoms. The summed E-state index contributed by atoms with van der Waals surface area (Å²) in [6.45, 7) is 9.24. The predicted octanol–water partition coefficient (Wildman–Crippen LogP) is 5.85. The minimum Gasteiger partial charge on any atom is -0.396 e. The molecule has 3 aromatic rings. The number of imidazole rings is 1. The summed E-state index contributed by atoms with van der Waals surface area (Å²) in [7, 11) is 1.80. The molecular weight excluding hydrogens is 465 g/mol. The number of anilines is 1. The quantitative estimate of drug-likeness (QED) is 0.473. The van der Waals surface area contributed by atoms with E-state index in [1.54, 1.807) is 11.9 Å². The molecule has 2 aromatic carbocycles. The summed E-state index contributed by atoms with van der Waals surface area (Å²) in [5.74, 6) is 1.53. The largest absolute Gasteiger partial charge is 0.417 e. The Bertz CT molecular complexity index is 1240. The summed E-state index contributed by atoms with van der Waals surface area (Å²) >= 11 is 5.86. The minimum atomic E-state index is -4.60. The molecule has 5 nitrogen and oxygen atoms in total. The first-order chi connectivity index (χ1) is 16.1. The Morgan fingerprint density at radius 1 is 1.09 bits per heavy atom. The normalized spacial score (nSPS) is 14.1. The first-order valence-corrected chi connectivity index (χ1v) is 11.0. The van der Waals surface area contributed by atoms with Crippen LogP contribution in [0.15, 0.2) is 67.5 Å². The molecule has 0 atom stereocenters. The monoisotopic (exact) mass is 488 g/mol. The maximum Gasteiger partial charge on any atom is 0.417 e. The second-order valence-electron chi connectivity index (χ2n) is 8.02. The molecule has 4 rings (SSSR count). The number of alkyl halides is 3. The number of fused-ring (bicyclic) bond motifs is 1. The Morgan fingerprint density at radius 3 is 2.44 bits per heavy atom. The highest BCUT2D eigenvalue weighted by Crippen LogP contribution is 2.42. The van der Waals surface area contributed by atoms with E-state index in [1.165, 1.54) is 12.1 Å². The zero-order chi connectivity index (χ0) is 24.6. The van der Waals surface area contributed by atoms with Crippen LogP contribution >= 0.6 is 11.6 Å². The molecule has 0 amide bonds. The van der Waals surface area contributed by atoms with Crippen LogP contribution in [0.3, 0.4) is 0 Å². The van der Waals surface area contributed by atoms with E-state index < -0.39 is 11.7 Å². The summed E-state index contributed by atoms with van der Waals surface area (Å²) in [6, 6.07) is 13.4. The van der Waals surface area contributed by atoms with Gasteiger partial charge in [-0.25, -0.2) is 4.98 Å². The molecule has 2 heterocycles. The molecule has 1 aliphatic rings. The highest BCUT2D eigenvalue weighted by molar-refractivity contribution is 6.31. The number of halogens is 4. The van der Waals surface area contributed by atoms with Crippen molar-refractivity contribution in [2.24, 2.45) is 0 Å². The molecule has 0 saturated carbocycles. The van der Waals surface area contributed by atoms with Gasteiger partial charge in [0.05, 0.1) is 16.3 Å². The van der Waals surface area contributed by atoms with Gasteiger partial charge in [-0.2, -0.15) is 13.2 Å². The minimum absolute atomic E-state index is 0.00710. The summed E-state index contributed by atoms with van der Waals surface area (Å²) in [5.41, 5.74) is 1.62. The van der Waals surface area contributed by atoms with Gasteiger partial charge in [-0.15, -0.1) is 0 Å². The van der Waals surface area contributed by atoms with E-state index in [-0.39, 0.29) is 17.2 Å².